The van der Waals surface area contributed by atoms with Gasteiger partial charge in [-0.15, -0.1) is 0 Å². The summed E-state index contributed by atoms with van der Waals surface area (Å²) in [5, 5.41) is 0. The molecule has 0 saturated heterocycles. The summed E-state index contributed by atoms with van der Waals surface area (Å²) >= 11 is 0. The van der Waals surface area contributed by atoms with Crippen LogP contribution in [-0.4, -0.2) is 18.5 Å². The van der Waals surface area contributed by atoms with Crippen molar-refractivity contribution in [2.75, 3.05) is 11.5 Å². The van der Waals surface area contributed by atoms with Gasteiger partial charge in [0.1, 0.15) is 6.61 Å². The molecule has 5 heteroatoms. The average Bonchev–Trinajstić information content (AvgIpc) is 2.85. The van der Waals surface area contributed by atoms with Gasteiger partial charge in [-0.3, -0.25) is 0 Å². The monoisotopic (exact) mass is 427 g/mol. The van der Waals surface area contributed by atoms with Gasteiger partial charge in [-0.05, 0) is 47.5 Å². The Kier molecular flexibility index (Phi) is 7.98. The maximum absolute atomic E-state index is 11.3. The lowest BCUT2D eigenvalue weighted by molar-refractivity contribution is -0.139. The van der Waals surface area contributed by atoms with Crippen molar-refractivity contribution in [3.63, 3.8) is 0 Å². The van der Waals surface area contributed by atoms with Gasteiger partial charge < -0.3 is 14.4 Å². The van der Waals surface area contributed by atoms with Crippen molar-refractivity contribution in [3.8, 4) is 0 Å². The van der Waals surface area contributed by atoms with E-state index in [1.807, 2.05) is 78.9 Å². The van der Waals surface area contributed by atoms with Crippen molar-refractivity contribution in [2.45, 2.75) is 13.0 Å². The fourth-order valence-electron chi connectivity index (χ4n) is 3.12. The molecule has 0 amide bonds. The van der Waals surface area contributed by atoms with Crippen LogP contribution in [0.1, 0.15) is 11.1 Å². The minimum absolute atomic E-state index is 0.196. The zero-order valence-corrected chi connectivity index (χ0v) is 17.8. The SMILES string of the molecule is C=CC(=O)OCCc1ccc(N(c2ccccc2)c2ccc(COC(=O)C=C)cc2)cc1. The molecule has 3 rings (SSSR count). The van der Waals surface area contributed by atoms with Gasteiger partial charge in [-0.25, -0.2) is 9.59 Å². The van der Waals surface area contributed by atoms with Crippen LogP contribution < -0.4 is 4.90 Å². The normalized spacial score (nSPS) is 10.1. The number of para-hydroxylation sites is 1. The Bertz CT molecular complexity index is 1060. The number of rotatable bonds is 10. The first-order valence-electron chi connectivity index (χ1n) is 10.2. The van der Waals surface area contributed by atoms with Crippen LogP contribution in [0.2, 0.25) is 0 Å². The molecule has 3 aromatic carbocycles. The molecule has 0 N–H and O–H groups in total. The van der Waals surface area contributed by atoms with Gasteiger partial charge in [0, 0.05) is 35.6 Å². The maximum Gasteiger partial charge on any atom is 0.330 e. The molecule has 32 heavy (non-hydrogen) atoms. The second-order valence-electron chi connectivity index (χ2n) is 6.94. The fraction of sp³-hybridized carbons (Fsp3) is 0.111. The first-order chi connectivity index (χ1) is 15.6. The summed E-state index contributed by atoms with van der Waals surface area (Å²) in [6, 6.07) is 26.0. The Labute approximate surface area is 188 Å². The number of nitrogens with zero attached hydrogens (tertiary/aromatic N) is 1. The van der Waals surface area contributed by atoms with E-state index in [0.717, 1.165) is 40.3 Å². The molecule has 0 unspecified atom stereocenters. The molecule has 0 fully saturated rings. The fourth-order valence-corrected chi connectivity index (χ4v) is 3.12. The molecule has 0 aliphatic rings. The molecule has 0 heterocycles. The number of hydrogen-bond donors (Lipinski definition) is 0. The van der Waals surface area contributed by atoms with Crippen molar-refractivity contribution < 1.29 is 19.1 Å². The van der Waals surface area contributed by atoms with E-state index in [0.29, 0.717) is 13.0 Å². The Morgan fingerprint density at radius 3 is 1.75 bits per heavy atom. The van der Waals surface area contributed by atoms with Gasteiger partial charge >= 0.3 is 11.9 Å². The largest absolute Gasteiger partial charge is 0.462 e. The molecule has 5 nitrogen and oxygen atoms in total. The minimum atomic E-state index is -0.445. The molecule has 0 atom stereocenters. The summed E-state index contributed by atoms with van der Waals surface area (Å²) in [6.45, 7) is 7.31. The molecule has 0 spiro atoms. The number of benzene rings is 3. The molecule has 0 bridgehead atoms. The van der Waals surface area contributed by atoms with Crippen LogP contribution >= 0.6 is 0 Å². The van der Waals surface area contributed by atoms with Crippen molar-refractivity contribution >= 4 is 29.0 Å². The molecule has 0 saturated carbocycles. The van der Waals surface area contributed by atoms with Crippen LogP contribution in [-0.2, 0) is 32.1 Å². The highest BCUT2D eigenvalue weighted by atomic mass is 16.5. The summed E-state index contributed by atoms with van der Waals surface area (Å²) in [5.74, 6) is -0.862. The highest BCUT2D eigenvalue weighted by Crippen LogP contribution is 2.34. The quantitative estimate of drug-likeness (QED) is 0.309. The minimum Gasteiger partial charge on any atom is -0.462 e. The van der Waals surface area contributed by atoms with E-state index in [2.05, 4.69) is 18.1 Å². The molecule has 0 aliphatic heterocycles. The second-order valence-corrected chi connectivity index (χ2v) is 6.94. The molecule has 3 aromatic rings. The summed E-state index contributed by atoms with van der Waals surface area (Å²) in [4.78, 5) is 24.6. The van der Waals surface area contributed by atoms with Crippen molar-refractivity contribution in [1.82, 2.24) is 0 Å². The molecule has 0 aromatic heterocycles. The van der Waals surface area contributed by atoms with Crippen LogP contribution in [0.25, 0.3) is 0 Å². The lowest BCUT2D eigenvalue weighted by Crippen LogP contribution is -2.10. The smallest absolute Gasteiger partial charge is 0.330 e. The predicted octanol–water partition coefficient (Wildman–Crippen LogP) is 5.66. The van der Waals surface area contributed by atoms with E-state index in [4.69, 9.17) is 9.47 Å². The number of anilines is 3. The zero-order chi connectivity index (χ0) is 22.8. The third-order valence-electron chi connectivity index (χ3n) is 4.75. The van der Waals surface area contributed by atoms with E-state index < -0.39 is 11.9 Å². The van der Waals surface area contributed by atoms with Gasteiger partial charge in [0.05, 0.1) is 6.61 Å². The number of esters is 2. The highest BCUT2D eigenvalue weighted by Gasteiger charge is 2.12. The predicted molar refractivity (Wildman–Crippen MR) is 126 cm³/mol. The number of carbonyl (C=O) groups excluding carboxylic acids is 2. The number of ether oxygens (including phenoxy) is 2. The Balaban J connectivity index is 1.79. The van der Waals surface area contributed by atoms with Crippen LogP contribution in [0.3, 0.4) is 0 Å². The highest BCUT2D eigenvalue weighted by molar-refractivity contribution is 5.81. The van der Waals surface area contributed by atoms with Gasteiger partial charge in [0.2, 0.25) is 0 Å². The van der Waals surface area contributed by atoms with Gasteiger partial charge in [-0.2, -0.15) is 0 Å². The molecule has 0 radical (unpaired) electrons. The van der Waals surface area contributed by atoms with E-state index >= 15 is 0 Å². The Hall–Kier alpha value is -4.12. The van der Waals surface area contributed by atoms with E-state index in [1.54, 1.807) is 0 Å². The van der Waals surface area contributed by atoms with Crippen molar-refractivity contribution in [1.29, 1.82) is 0 Å². The lowest BCUT2D eigenvalue weighted by atomic mass is 10.1. The molecule has 162 valence electrons. The summed E-state index contributed by atoms with van der Waals surface area (Å²) < 4.78 is 10.2. The molecule has 0 aliphatic carbocycles. The van der Waals surface area contributed by atoms with E-state index in [9.17, 15) is 9.59 Å². The van der Waals surface area contributed by atoms with Crippen LogP contribution in [0.15, 0.2) is 104 Å². The third-order valence-corrected chi connectivity index (χ3v) is 4.75. The lowest BCUT2D eigenvalue weighted by Gasteiger charge is -2.25. The first-order valence-corrected chi connectivity index (χ1v) is 10.2. The zero-order valence-electron chi connectivity index (χ0n) is 17.8. The second kappa shape index (κ2) is 11.3. The Morgan fingerprint density at radius 1 is 0.688 bits per heavy atom. The Morgan fingerprint density at radius 2 is 1.19 bits per heavy atom. The van der Waals surface area contributed by atoms with Crippen molar-refractivity contribution in [2.24, 2.45) is 0 Å². The van der Waals surface area contributed by atoms with Crippen LogP contribution in [0, 0.1) is 0 Å². The third kappa shape index (κ3) is 6.19. The van der Waals surface area contributed by atoms with Gasteiger partial charge in [0.15, 0.2) is 0 Å². The topological polar surface area (TPSA) is 55.8 Å². The first kappa shape index (κ1) is 22.6. The molecular formula is C27H25NO4. The molecular weight excluding hydrogens is 402 g/mol. The summed E-state index contributed by atoms with van der Waals surface area (Å²) in [5.41, 5.74) is 4.95. The maximum atomic E-state index is 11.3. The van der Waals surface area contributed by atoms with Gasteiger partial charge in [0.25, 0.3) is 0 Å². The van der Waals surface area contributed by atoms with E-state index in [1.165, 1.54) is 0 Å². The van der Waals surface area contributed by atoms with Crippen LogP contribution in [0.5, 0.6) is 0 Å². The number of carbonyl (C=O) groups is 2. The summed E-state index contributed by atoms with van der Waals surface area (Å²) in [6.07, 6.45) is 2.94. The standard InChI is InChI=1S/C27H25NO4/c1-3-26(29)31-19-18-21-10-14-24(15-11-21)28(23-8-6-5-7-9-23)25-16-12-22(13-17-25)20-32-27(30)4-2/h3-17H,1-2,18-20H2. The number of hydrogen-bond acceptors (Lipinski definition) is 5. The van der Waals surface area contributed by atoms with Crippen molar-refractivity contribution in [3.05, 3.63) is 115 Å². The van der Waals surface area contributed by atoms with Gasteiger partial charge in [-0.1, -0.05) is 55.6 Å². The van der Waals surface area contributed by atoms with Crippen LogP contribution in [0.4, 0.5) is 17.1 Å². The average molecular weight is 428 g/mol. The van der Waals surface area contributed by atoms with E-state index in [-0.39, 0.29) is 6.61 Å². The summed E-state index contributed by atoms with van der Waals surface area (Å²) in [7, 11) is 0.